The molecule has 0 atom stereocenters. The molecule has 0 unspecified atom stereocenters. The predicted molar refractivity (Wildman–Crippen MR) is 84.3 cm³/mol. The Kier molecular flexibility index (Phi) is 4.78. The third-order valence-corrected chi connectivity index (χ3v) is 3.75. The molecule has 2 aromatic rings. The Labute approximate surface area is 128 Å². The normalized spacial score (nSPS) is 10.7. The monoisotopic (exact) mass is 301 g/mol. The van der Waals surface area contributed by atoms with E-state index >= 15 is 0 Å². The van der Waals surface area contributed by atoms with Crippen LogP contribution in [-0.4, -0.2) is 27.4 Å². The van der Waals surface area contributed by atoms with Crippen LogP contribution in [0.15, 0.2) is 35.1 Å². The number of hydrogen-bond donors (Lipinski definition) is 2. The van der Waals surface area contributed by atoms with Gasteiger partial charge in [-0.3, -0.25) is 4.79 Å². The van der Waals surface area contributed by atoms with E-state index in [4.69, 9.17) is 10.2 Å². The third kappa shape index (κ3) is 3.09. The van der Waals surface area contributed by atoms with E-state index in [0.29, 0.717) is 12.1 Å². The molecule has 0 aliphatic heterocycles. The Balaban J connectivity index is 2.63. The minimum absolute atomic E-state index is 0.0594. The Morgan fingerprint density at radius 1 is 1.14 bits per heavy atom. The van der Waals surface area contributed by atoms with Crippen molar-refractivity contribution in [3.8, 4) is 11.3 Å². The van der Waals surface area contributed by atoms with Crippen molar-refractivity contribution in [1.82, 2.24) is 4.57 Å². The van der Waals surface area contributed by atoms with Gasteiger partial charge >= 0.3 is 5.97 Å². The maximum atomic E-state index is 12.4. The lowest BCUT2D eigenvalue weighted by molar-refractivity contribution is 0.0694. The maximum absolute atomic E-state index is 12.4. The first-order valence-corrected chi connectivity index (χ1v) is 7.11. The molecule has 0 aliphatic carbocycles. The SMILES string of the molecule is Cc1ccc(-c2ccc(C(=O)O)c(=O)n2CCCO)cc1C. The zero-order valence-corrected chi connectivity index (χ0v) is 12.7. The van der Waals surface area contributed by atoms with E-state index < -0.39 is 11.5 Å². The van der Waals surface area contributed by atoms with E-state index in [2.05, 4.69) is 0 Å². The lowest BCUT2D eigenvalue weighted by Crippen LogP contribution is -2.27. The van der Waals surface area contributed by atoms with Crippen LogP contribution in [0.25, 0.3) is 11.3 Å². The third-order valence-electron chi connectivity index (χ3n) is 3.75. The molecule has 5 heteroatoms. The first kappa shape index (κ1) is 16.0. The maximum Gasteiger partial charge on any atom is 0.341 e. The number of carboxylic acids is 1. The number of benzene rings is 1. The van der Waals surface area contributed by atoms with Crippen LogP contribution in [0.4, 0.5) is 0 Å². The summed E-state index contributed by atoms with van der Waals surface area (Å²) in [6, 6.07) is 8.83. The number of rotatable bonds is 5. The summed E-state index contributed by atoms with van der Waals surface area (Å²) in [6.45, 7) is 4.21. The molecule has 0 amide bonds. The smallest absolute Gasteiger partial charge is 0.341 e. The summed E-state index contributed by atoms with van der Waals surface area (Å²) in [4.78, 5) is 23.5. The van der Waals surface area contributed by atoms with Gasteiger partial charge in [0.25, 0.3) is 5.56 Å². The molecule has 2 rings (SSSR count). The Morgan fingerprint density at radius 3 is 2.45 bits per heavy atom. The van der Waals surface area contributed by atoms with E-state index in [-0.39, 0.29) is 18.7 Å². The summed E-state index contributed by atoms with van der Waals surface area (Å²) < 4.78 is 1.42. The highest BCUT2D eigenvalue weighted by molar-refractivity contribution is 5.87. The van der Waals surface area contributed by atoms with Gasteiger partial charge < -0.3 is 14.8 Å². The van der Waals surface area contributed by atoms with Gasteiger partial charge in [-0.05, 0) is 55.2 Å². The van der Waals surface area contributed by atoms with Crippen LogP contribution in [-0.2, 0) is 6.54 Å². The summed E-state index contributed by atoms with van der Waals surface area (Å²) in [5.74, 6) is -1.24. The number of carboxylic acid groups (broad SMARTS) is 1. The number of aromatic carboxylic acids is 1. The molecule has 22 heavy (non-hydrogen) atoms. The van der Waals surface area contributed by atoms with Crippen LogP contribution in [0, 0.1) is 13.8 Å². The molecule has 5 nitrogen and oxygen atoms in total. The highest BCUT2D eigenvalue weighted by Crippen LogP contribution is 2.22. The summed E-state index contributed by atoms with van der Waals surface area (Å²) >= 11 is 0. The fraction of sp³-hybridized carbons (Fsp3) is 0.294. The predicted octanol–water partition coefficient (Wildman–Crippen LogP) is 2.21. The highest BCUT2D eigenvalue weighted by atomic mass is 16.4. The number of aryl methyl sites for hydroxylation is 2. The van der Waals surface area contributed by atoms with Crippen LogP contribution >= 0.6 is 0 Å². The molecule has 0 radical (unpaired) electrons. The molecular formula is C17H19NO4. The van der Waals surface area contributed by atoms with Crippen LogP contribution in [0.1, 0.15) is 27.9 Å². The number of aliphatic hydroxyl groups is 1. The lowest BCUT2D eigenvalue weighted by atomic mass is 10.0. The topological polar surface area (TPSA) is 79.5 Å². The second-order valence-electron chi connectivity index (χ2n) is 5.27. The standard InChI is InChI=1S/C17H19NO4/c1-11-4-5-13(10-12(11)2)15-7-6-14(17(21)22)16(20)18(15)8-3-9-19/h4-7,10,19H,3,8-9H2,1-2H3,(H,21,22). The Morgan fingerprint density at radius 2 is 1.86 bits per heavy atom. The molecule has 1 heterocycles. The van der Waals surface area contributed by atoms with Gasteiger partial charge in [0.1, 0.15) is 5.56 Å². The van der Waals surface area contributed by atoms with Gasteiger partial charge in [-0.25, -0.2) is 4.79 Å². The number of carbonyl (C=O) groups is 1. The largest absolute Gasteiger partial charge is 0.477 e. The number of hydrogen-bond acceptors (Lipinski definition) is 3. The first-order chi connectivity index (χ1) is 10.5. The van der Waals surface area contributed by atoms with Gasteiger partial charge in [0, 0.05) is 13.2 Å². The Hall–Kier alpha value is -2.40. The molecule has 0 spiro atoms. The molecule has 0 saturated carbocycles. The number of aromatic nitrogens is 1. The van der Waals surface area contributed by atoms with Crippen molar-refractivity contribution in [1.29, 1.82) is 0 Å². The second-order valence-corrected chi connectivity index (χ2v) is 5.27. The zero-order valence-electron chi connectivity index (χ0n) is 12.7. The molecular weight excluding hydrogens is 282 g/mol. The number of pyridine rings is 1. The van der Waals surface area contributed by atoms with Crippen LogP contribution in [0.5, 0.6) is 0 Å². The minimum atomic E-state index is -1.24. The minimum Gasteiger partial charge on any atom is -0.477 e. The van der Waals surface area contributed by atoms with Crippen LogP contribution in [0.3, 0.4) is 0 Å². The molecule has 0 bridgehead atoms. The van der Waals surface area contributed by atoms with Crippen LogP contribution < -0.4 is 5.56 Å². The van der Waals surface area contributed by atoms with Gasteiger partial charge in [-0.2, -0.15) is 0 Å². The fourth-order valence-corrected chi connectivity index (χ4v) is 2.34. The van der Waals surface area contributed by atoms with Gasteiger partial charge in [-0.15, -0.1) is 0 Å². The second kappa shape index (κ2) is 6.58. The van der Waals surface area contributed by atoms with Crippen molar-refractivity contribution in [3.05, 3.63) is 57.4 Å². The average Bonchev–Trinajstić information content (AvgIpc) is 2.48. The molecule has 2 N–H and O–H groups in total. The Bertz CT molecular complexity index is 762. The van der Waals surface area contributed by atoms with E-state index in [9.17, 15) is 9.59 Å². The fourth-order valence-electron chi connectivity index (χ4n) is 2.34. The molecule has 0 saturated heterocycles. The van der Waals surface area contributed by atoms with E-state index in [0.717, 1.165) is 16.7 Å². The zero-order chi connectivity index (χ0) is 16.3. The first-order valence-electron chi connectivity index (χ1n) is 7.11. The molecule has 1 aromatic carbocycles. The summed E-state index contributed by atoms with van der Waals surface area (Å²) in [6.07, 6.45) is 0.390. The van der Waals surface area contributed by atoms with Gasteiger partial charge in [0.2, 0.25) is 0 Å². The van der Waals surface area contributed by atoms with Crippen molar-refractivity contribution in [3.63, 3.8) is 0 Å². The molecule has 116 valence electrons. The van der Waals surface area contributed by atoms with Gasteiger partial charge in [-0.1, -0.05) is 12.1 Å². The van der Waals surface area contributed by atoms with Crippen molar-refractivity contribution in [2.45, 2.75) is 26.8 Å². The average molecular weight is 301 g/mol. The molecule has 0 fully saturated rings. The summed E-state index contributed by atoms with van der Waals surface area (Å²) in [5.41, 5.74) is 2.96. The highest BCUT2D eigenvalue weighted by Gasteiger charge is 2.15. The van der Waals surface area contributed by atoms with Crippen molar-refractivity contribution in [2.24, 2.45) is 0 Å². The van der Waals surface area contributed by atoms with Crippen molar-refractivity contribution >= 4 is 5.97 Å². The van der Waals surface area contributed by atoms with Crippen molar-refractivity contribution in [2.75, 3.05) is 6.61 Å². The van der Waals surface area contributed by atoms with Crippen LogP contribution in [0.2, 0.25) is 0 Å². The van der Waals surface area contributed by atoms with E-state index in [1.54, 1.807) is 6.07 Å². The summed E-state index contributed by atoms with van der Waals surface area (Å²) in [7, 11) is 0. The van der Waals surface area contributed by atoms with Crippen molar-refractivity contribution < 1.29 is 15.0 Å². The number of aliphatic hydroxyl groups excluding tert-OH is 1. The molecule has 1 aromatic heterocycles. The summed E-state index contributed by atoms with van der Waals surface area (Å²) in [5, 5.41) is 18.1. The van der Waals surface area contributed by atoms with E-state index in [1.807, 2.05) is 32.0 Å². The van der Waals surface area contributed by atoms with E-state index in [1.165, 1.54) is 10.6 Å². The van der Waals surface area contributed by atoms with Gasteiger partial charge in [0.05, 0.1) is 5.69 Å². The quantitative estimate of drug-likeness (QED) is 0.887. The molecule has 0 aliphatic rings. The lowest BCUT2D eigenvalue weighted by Gasteiger charge is -2.14. The number of nitrogens with zero attached hydrogens (tertiary/aromatic N) is 1. The van der Waals surface area contributed by atoms with Gasteiger partial charge in [0.15, 0.2) is 0 Å².